The Morgan fingerprint density at radius 2 is 0.536 bits per heavy atom. The summed E-state index contributed by atoms with van der Waals surface area (Å²) in [4.78, 5) is 2.45. The zero-order valence-corrected chi connectivity index (χ0v) is 38.1. The molecule has 0 amide bonds. The molecule has 0 aromatic heterocycles. The molecule has 0 atom stereocenters. The number of anilines is 3. The summed E-state index contributed by atoms with van der Waals surface area (Å²) in [5.74, 6) is 0. The minimum atomic E-state index is 1.06. The van der Waals surface area contributed by atoms with Crippen LogP contribution in [0.2, 0.25) is 0 Å². The van der Waals surface area contributed by atoms with E-state index in [0.717, 1.165) is 44.9 Å². The summed E-state index contributed by atoms with van der Waals surface area (Å²) >= 11 is 0. The highest BCUT2D eigenvalue weighted by Crippen LogP contribution is 2.49. The summed E-state index contributed by atoms with van der Waals surface area (Å²) in [5, 5.41) is 4.98. The molecule has 0 saturated heterocycles. The van der Waals surface area contributed by atoms with Crippen LogP contribution in [0.3, 0.4) is 0 Å². The number of fused-ring (bicyclic) bond motifs is 3. The van der Waals surface area contributed by atoms with Crippen LogP contribution in [0, 0.1) is 0 Å². The van der Waals surface area contributed by atoms with Gasteiger partial charge in [0.15, 0.2) is 0 Å². The summed E-state index contributed by atoms with van der Waals surface area (Å²) in [6, 6.07) is 104. The van der Waals surface area contributed by atoms with E-state index in [2.05, 4.69) is 290 Å². The molecule has 0 spiro atoms. The molecule has 1 nitrogen and oxygen atoms in total. The van der Waals surface area contributed by atoms with Crippen LogP contribution in [-0.4, -0.2) is 0 Å². The van der Waals surface area contributed by atoms with Crippen molar-refractivity contribution in [2.24, 2.45) is 0 Å². The summed E-state index contributed by atoms with van der Waals surface area (Å²) in [5.41, 5.74) is 19.7. The summed E-state index contributed by atoms with van der Waals surface area (Å²) in [6.45, 7) is 0. The summed E-state index contributed by atoms with van der Waals surface area (Å²) < 4.78 is 0. The van der Waals surface area contributed by atoms with Gasteiger partial charge < -0.3 is 4.90 Å². The maximum Gasteiger partial charge on any atom is 0.0473 e. The molecule has 0 aliphatic carbocycles. The highest BCUT2D eigenvalue weighted by molar-refractivity contribution is 6.25. The topological polar surface area (TPSA) is 3.24 Å². The first kappa shape index (κ1) is 41.4. The number of benzene rings is 12. The summed E-state index contributed by atoms with van der Waals surface area (Å²) in [6.07, 6.45) is 0. The average molecular weight is 878 g/mol. The Balaban J connectivity index is 1.10. The van der Waals surface area contributed by atoms with E-state index in [1.165, 1.54) is 71.6 Å². The van der Waals surface area contributed by atoms with Crippen LogP contribution in [-0.2, 0) is 0 Å². The van der Waals surface area contributed by atoms with Crippen molar-refractivity contribution >= 4 is 38.6 Å². The van der Waals surface area contributed by atoms with E-state index in [0.29, 0.717) is 0 Å². The molecule has 0 bridgehead atoms. The standard InChI is InChI=1S/C68H47N/c1-7-22-48(23-8-1)55-42-56(49-24-9-2-10-25-49)45-60(44-55)69(61-46-57(50-26-11-3-12-27-50)43-58(47-61)51-28-13-4-14-29-51)59-40-38-52(39-41-59)62-36-21-37-65-63-34-19-20-35-64(63)66(53-30-15-5-16-31-53)67(68(62)65)54-32-17-6-18-33-54/h1-47H. The molecule has 12 aromatic carbocycles. The lowest BCUT2D eigenvalue weighted by Gasteiger charge is -2.28. The van der Waals surface area contributed by atoms with Crippen LogP contribution in [0.25, 0.3) is 99.4 Å². The predicted octanol–water partition coefficient (Wildman–Crippen LogP) is 19.1. The molecular formula is C68H47N. The molecule has 0 fully saturated rings. The van der Waals surface area contributed by atoms with Gasteiger partial charge in [-0.3, -0.25) is 0 Å². The van der Waals surface area contributed by atoms with E-state index in [4.69, 9.17) is 0 Å². The fourth-order valence-electron chi connectivity index (χ4n) is 10.2. The van der Waals surface area contributed by atoms with Crippen molar-refractivity contribution in [3.05, 3.63) is 285 Å². The van der Waals surface area contributed by atoms with Gasteiger partial charge in [-0.25, -0.2) is 0 Å². The Hall–Kier alpha value is -9.04. The molecule has 0 radical (unpaired) electrons. The van der Waals surface area contributed by atoms with Crippen LogP contribution >= 0.6 is 0 Å². The smallest absolute Gasteiger partial charge is 0.0473 e. The predicted molar refractivity (Wildman–Crippen MR) is 294 cm³/mol. The van der Waals surface area contributed by atoms with Crippen molar-refractivity contribution in [3.63, 3.8) is 0 Å². The molecule has 0 heterocycles. The number of hydrogen-bond donors (Lipinski definition) is 0. The number of hydrogen-bond acceptors (Lipinski definition) is 1. The van der Waals surface area contributed by atoms with Crippen molar-refractivity contribution in [2.45, 2.75) is 0 Å². The molecule has 0 aliphatic heterocycles. The highest BCUT2D eigenvalue weighted by atomic mass is 15.1. The van der Waals surface area contributed by atoms with E-state index in [9.17, 15) is 0 Å². The second-order valence-corrected chi connectivity index (χ2v) is 17.6. The van der Waals surface area contributed by atoms with Gasteiger partial charge in [-0.2, -0.15) is 0 Å². The Morgan fingerprint density at radius 3 is 0.957 bits per heavy atom. The third kappa shape index (κ3) is 8.07. The van der Waals surface area contributed by atoms with Crippen LogP contribution in [0.15, 0.2) is 285 Å². The van der Waals surface area contributed by atoms with Gasteiger partial charge in [-0.1, -0.05) is 237 Å². The lowest BCUT2D eigenvalue weighted by molar-refractivity contribution is 1.28. The minimum absolute atomic E-state index is 1.06. The lowest BCUT2D eigenvalue weighted by atomic mass is 9.82. The average Bonchev–Trinajstić information content (AvgIpc) is 3.44. The molecular weight excluding hydrogens is 831 g/mol. The van der Waals surface area contributed by atoms with Crippen molar-refractivity contribution in [1.82, 2.24) is 0 Å². The quantitative estimate of drug-likeness (QED) is 0.124. The first-order valence-corrected chi connectivity index (χ1v) is 23.7. The molecule has 1 heteroatoms. The van der Waals surface area contributed by atoms with E-state index in [1.54, 1.807) is 0 Å². The van der Waals surface area contributed by atoms with Crippen molar-refractivity contribution < 1.29 is 0 Å². The SMILES string of the molecule is c1ccc(-c2cc(-c3ccccc3)cc(N(c3ccc(-c4cccc5c4c(-c4ccccc4)c(-c4ccccc4)c4ccccc45)cc3)c3cc(-c4ccccc4)cc(-c4ccccc4)c3)c2)cc1. The van der Waals surface area contributed by atoms with Crippen molar-refractivity contribution in [1.29, 1.82) is 0 Å². The fraction of sp³-hybridized carbons (Fsp3) is 0. The molecule has 0 saturated carbocycles. The van der Waals surface area contributed by atoms with Gasteiger partial charge >= 0.3 is 0 Å². The van der Waals surface area contributed by atoms with Crippen molar-refractivity contribution in [2.75, 3.05) is 4.90 Å². The van der Waals surface area contributed by atoms with Crippen LogP contribution in [0.4, 0.5) is 17.1 Å². The molecule has 324 valence electrons. The van der Waals surface area contributed by atoms with Crippen molar-refractivity contribution in [3.8, 4) is 77.9 Å². The molecule has 0 aliphatic rings. The molecule has 0 N–H and O–H groups in total. The lowest BCUT2D eigenvalue weighted by Crippen LogP contribution is -2.11. The maximum absolute atomic E-state index is 2.45. The fourth-order valence-corrected chi connectivity index (χ4v) is 10.2. The molecule has 0 unspecified atom stereocenters. The normalized spacial score (nSPS) is 11.2. The first-order chi connectivity index (χ1) is 34.2. The van der Waals surface area contributed by atoms with Gasteiger partial charge in [0.25, 0.3) is 0 Å². The van der Waals surface area contributed by atoms with Gasteiger partial charge in [0.2, 0.25) is 0 Å². The number of nitrogens with zero attached hydrogens (tertiary/aromatic N) is 1. The molecule has 69 heavy (non-hydrogen) atoms. The number of rotatable bonds is 10. The first-order valence-electron chi connectivity index (χ1n) is 23.7. The van der Waals surface area contributed by atoms with E-state index < -0.39 is 0 Å². The Bertz CT molecular complexity index is 3480. The zero-order chi connectivity index (χ0) is 45.9. The second kappa shape index (κ2) is 18.3. The van der Waals surface area contributed by atoms with Gasteiger partial charge in [0.1, 0.15) is 0 Å². The highest BCUT2D eigenvalue weighted by Gasteiger charge is 2.22. The summed E-state index contributed by atoms with van der Waals surface area (Å²) in [7, 11) is 0. The van der Waals surface area contributed by atoms with Crippen LogP contribution in [0.5, 0.6) is 0 Å². The Morgan fingerprint density at radius 1 is 0.188 bits per heavy atom. The maximum atomic E-state index is 2.45. The van der Waals surface area contributed by atoms with Gasteiger partial charge in [0.05, 0.1) is 0 Å². The molecule has 12 aromatic rings. The van der Waals surface area contributed by atoms with Gasteiger partial charge in [-0.15, -0.1) is 0 Å². The van der Waals surface area contributed by atoms with Crippen LogP contribution < -0.4 is 4.90 Å². The zero-order valence-electron chi connectivity index (χ0n) is 38.1. The van der Waals surface area contributed by atoms with E-state index in [1.807, 2.05) is 0 Å². The van der Waals surface area contributed by atoms with Crippen LogP contribution in [0.1, 0.15) is 0 Å². The van der Waals surface area contributed by atoms with Gasteiger partial charge in [-0.05, 0) is 148 Å². The van der Waals surface area contributed by atoms with Gasteiger partial charge in [0, 0.05) is 17.1 Å². The third-order valence-corrected chi connectivity index (χ3v) is 13.4. The molecule has 12 rings (SSSR count). The minimum Gasteiger partial charge on any atom is -0.310 e. The second-order valence-electron chi connectivity index (χ2n) is 17.6. The largest absolute Gasteiger partial charge is 0.310 e. The Kier molecular flexibility index (Phi) is 11.0. The van der Waals surface area contributed by atoms with E-state index in [-0.39, 0.29) is 0 Å². The third-order valence-electron chi connectivity index (χ3n) is 13.4. The monoisotopic (exact) mass is 877 g/mol. The van der Waals surface area contributed by atoms with E-state index >= 15 is 0 Å². The Labute approximate surface area is 404 Å².